The Labute approximate surface area is 195 Å². The van der Waals surface area contributed by atoms with Crippen molar-refractivity contribution in [2.75, 3.05) is 39.0 Å². The van der Waals surface area contributed by atoms with Crippen molar-refractivity contribution in [3.05, 3.63) is 71.3 Å². The van der Waals surface area contributed by atoms with Crippen LogP contribution in [0, 0.1) is 18.3 Å². The van der Waals surface area contributed by atoms with Gasteiger partial charge in [0, 0.05) is 38.6 Å². The molecule has 1 fully saturated rings. The summed E-state index contributed by atoms with van der Waals surface area (Å²) >= 11 is 0. The van der Waals surface area contributed by atoms with Gasteiger partial charge in [0.1, 0.15) is 0 Å². The number of carbonyl (C=O) groups excluding carboxylic acids is 2. The Hall–Kier alpha value is -3.79. The molecule has 0 unspecified atom stereocenters. The molecule has 0 bridgehead atoms. The number of aryl methyl sites for hydroxylation is 1. The molecule has 3 amide bonds. The maximum Gasteiger partial charge on any atom is 0.319 e. The van der Waals surface area contributed by atoms with E-state index in [1.807, 2.05) is 37.3 Å². The molecular formula is C26H31N5O2. The van der Waals surface area contributed by atoms with Crippen molar-refractivity contribution in [3.8, 4) is 6.07 Å². The first kappa shape index (κ1) is 23.9. The number of hydrogen-bond donors (Lipinski definition) is 2. The molecule has 7 nitrogen and oxygen atoms in total. The van der Waals surface area contributed by atoms with Gasteiger partial charge in [-0.25, -0.2) is 4.79 Å². The number of carbonyl (C=O) groups is 2. The summed E-state index contributed by atoms with van der Waals surface area (Å²) in [4.78, 5) is 27.6. The summed E-state index contributed by atoms with van der Waals surface area (Å²) in [5.41, 5.74) is 5.47. The lowest BCUT2D eigenvalue weighted by atomic mass is 9.88. The highest BCUT2D eigenvalue weighted by Crippen LogP contribution is 2.32. The summed E-state index contributed by atoms with van der Waals surface area (Å²) in [6, 6.07) is 15.5. The van der Waals surface area contributed by atoms with Crippen LogP contribution in [-0.2, 0) is 4.79 Å². The van der Waals surface area contributed by atoms with Gasteiger partial charge in [0.15, 0.2) is 0 Å². The Morgan fingerprint density at radius 1 is 1.15 bits per heavy atom. The second-order valence-electron chi connectivity index (χ2n) is 8.57. The minimum atomic E-state index is -0.417. The molecule has 0 spiro atoms. The van der Waals surface area contributed by atoms with Crippen LogP contribution >= 0.6 is 0 Å². The van der Waals surface area contributed by atoms with Gasteiger partial charge in [0.25, 0.3) is 0 Å². The molecular weight excluding hydrogens is 414 g/mol. The van der Waals surface area contributed by atoms with Crippen LogP contribution < -0.4 is 10.6 Å². The summed E-state index contributed by atoms with van der Waals surface area (Å²) in [6.45, 7) is 7.97. The van der Waals surface area contributed by atoms with Gasteiger partial charge in [-0.15, -0.1) is 0 Å². The number of anilines is 1. The molecule has 2 aromatic rings. The van der Waals surface area contributed by atoms with Gasteiger partial charge in [-0.1, -0.05) is 30.8 Å². The molecule has 7 heteroatoms. The quantitative estimate of drug-likeness (QED) is 0.705. The zero-order chi connectivity index (χ0) is 24.0. The molecule has 33 heavy (non-hydrogen) atoms. The molecule has 2 N–H and O–H groups in total. The number of likely N-dealkylation sites (N-methyl/N-ethyl adjacent to an activating group) is 1. The van der Waals surface area contributed by atoms with Gasteiger partial charge in [0.2, 0.25) is 5.91 Å². The van der Waals surface area contributed by atoms with Crippen LogP contribution in [0.25, 0.3) is 5.70 Å². The fraction of sp³-hybridized carbons (Fsp3) is 0.346. The number of likely N-dealkylation sites (tertiary alicyclic amines) is 1. The third-order valence-electron chi connectivity index (χ3n) is 6.11. The van der Waals surface area contributed by atoms with E-state index < -0.39 is 6.03 Å². The van der Waals surface area contributed by atoms with E-state index in [0.717, 1.165) is 42.8 Å². The van der Waals surface area contributed by atoms with Crippen molar-refractivity contribution < 1.29 is 9.59 Å². The van der Waals surface area contributed by atoms with E-state index in [1.165, 1.54) is 10.5 Å². The number of piperidine rings is 1. The van der Waals surface area contributed by atoms with Crippen LogP contribution in [0.2, 0.25) is 0 Å². The molecule has 2 aromatic carbocycles. The van der Waals surface area contributed by atoms with Crippen molar-refractivity contribution in [1.82, 2.24) is 15.1 Å². The Morgan fingerprint density at radius 3 is 2.42 bits per heavy atom. The van der Waals surface area contributed by atoms with E-state index in [1.54, 1.807) is 14.1 Å². The van der Waals surface area contributed by atoms with Crippen molar-refractivity contribution in [1.29, 1.82) is 5.26 Å². The first-order chi connectivity index (χ1) is 15.8. The Bertz CT molecular complexity index is 1060. The van der Waals surface area contributed by atoms with Crippen LogP contribution in [0.4, 0.5) is 10.5 Å². The minimum Gasteiger partial charge on any atom is -0.371 e. The van der Waals surface area contributed by atoms with Gasteiger partial charge in [-0.3, -0.25) is 4.79 Å². The van der Waals surface area contributed by atoms with Crippen LogP contribution in [0.15, 0.2) is 49.0 Å². The first-order valence-corrected chi connectivity index (χ1v) is 11.1. The van der Waals surface area contributed by atoms with Crippen molar-refractivity contribution in [2.45, 2.75) is 25.7 Å². The molecule has 0 aromatic heterocycles. The summed E-state index contributed by atoms with van der Waals surface area (Å²) < 4.78 is 0. The fourth-order valence-electron chi connectivity index (χ4n) is 3.91. The van der Waals surface area contributed by atoms with Crippen LogP contribution in [0.5, 0.6) is 0 Å². The largest absolute Gasteiger partial charge is 0.371 e. The third kappa shape index (κ3) is 6.13. The predicted octanol–water partition coefficient (Wildman–Crippen LogP) is 3.93. The number of hydrogen-bond acceptors (Lipinski definition) is 4. The van der Waals surface area contributed by atoms with Crippen LogP contribution in [0.1, 0.15) is 41.0 Å². The Morgan fingerprint density at radius 2 is 1.82 bits per heavy atom. The van der Waals surface area contributed by atoms with Gasteiger partial charge in [0.05, 0.1) is 18.2 Å². The van der Waals surface area contributed by atoms with E-state index in [2.05, 4.69) is 40.3 Å². The molecule has 0 radical (unpaired) electrons. The van der Waals surface area contributed by atoms with Crippen LogP contribution in [-0.4, -0.2) is 55.5 Å². The number of urea groups is 1. The molecule has 172 valence electrons. The number of benzene rings is 2. The van der Waals surface area contributed by atoms with Crippen LogP contribution in [0.3, 0.4) is 0 Å². The average molecular weight is 446 g/mol. The summed E-state index contributed by atoms with van der Waals surface area (Å²) in [6.07, 6.45) is 2.04. The van der Waals surface area contributed by atoms with E-state index >= 15 is 0 Å². The number of nitrogens with zero attached hydrogens (tertiary/aromatic N) is 3. The van der Waals surface area contributed by atoms with E-state index in [9.17, 15) is 9.59 Å². The van der Waals surface area contributed by atoms with Gasteiger partial charge < -0.3 is 20.4 Å². The third-order valence-corrected chi connectivity index (χ3v) is 6.11. The number of nitriles is 1. The first-order valence-electron chi connectivity index (χ1n) is 11.1. The maximum absolute atomic E-state index is 12.2. The highest BCUT2D eigenvalue weighted by Gasteiger charge is 2.22. The zero-order valence-electron chi connectivity index (χ0n) is 19.5. The normalized spacial score (nSPS) is 13.7. The summed E-state index contributed by atoms with van der Waals surface area (Å²) in [5, 5.41) is 14.4. The highest BCUT2D eigenvalue weighted by molar-refractivity contribution is 5.93. The number of amides is 3. The lowest BCUT2D eigenvalue weighted by molar-refractivity contribution is -0.127. The minimum absolute atomic E-state index is 0.0571. The zero-order valence-corrected chi connectivity index (χ0v) is 19.5. The molecule has 0 saturated carbocycles. The average Bonchev–Trinajstić information content (AvgIpc) is 2.83. The van der Waals surface area contributed by atoms with E-state index in [-0.39, 0.29) is 12.5 Å². The summed E-state index contributed by atoms with van der Waals surface area (Å²) in [5.74, 6) is 0.305. The molecule has 0 aliphatic carbocycles. The smallest absolute Gasteiger partial charge is 0.319 e. The second kappa shape index (κ2) is 10.7. The monoisotopic (exact) mass is 445 g/mol. The second-order valence-corrected chi connectivity index (χ2v) is 8.57. The standard InChI is InChI=1S/C26H31N5O2/c1-18-5-8-23(15-24(18)29-26(33)28-17-25(32)30(3)4)19(2)31-13-11-22(12-14-31)21-9-6-20(16-27)7-10-21/h5-10,15,22H,2,11-14,17H2,1,3-4H3,(H2,28,29,33). The molecule has 1 aliphatic heterocycles. The number of nitrogens with one attached hydrogen (secondary N) is 2. The Kier molecular flexibility index (Phi) is 7.73. The molecule has 1 saturated heterocycles. The van der Waals surface area contributed by atoms with Crippen molar-refractivity contribution in [2.24, 2.45) is 0 Å². The predicted molar refractivity (Wildman–Crippen MR) is 131 cm³/mol. The Balaban J connectivity index is 1.59. The van der Waals surface area contributed by atoms with Crippen molar-refractivity contribution in [3.63, 3.8) is 0 Å². The lowest BCUT2D eigenvalue weighted by Crippen LogP contribution is -2.38. The van der Waals surface area contributed by atoms with E-state index in [0.29, 0.717) is 17.2 Å². The summed E-state index contributed by atoms with van der Waals surface area (Å²) in [7, 11) is 3.29. The molecule has 0 atom stereocenters. The lowest BCUT2D eigenvalue weighted by Gasteiger charge is -2.35. The number of rotatable bonds is 6. The maximum atomic E-state index is 12.2. The van der Waals surface area contributed by atoms with Gasteiger partial charge >= 0.3 is 6.03 Å². The SMILES string of the molecule is C=C(c1ccc(C)c(NC(=O)NCC(=O)N(C)C)c1)N1CCC(c2ccc(C#N)cc2)CC1. The van der Waals surface area contributed by atoms with Gasteiger partial charge in [-0.05, 0) is 60.6 Å². The molecule has 1 heterocycles. The highest BCUT2D eigenvalue weighted by atomic mass is 16.2. The van der Waals surface area contributed by atoms with E-state index in [4.69, 9.17) is 5.26 Å². The fourth-order valence-corrected chi connectivity index (χ4v) is 3.91. The topological polar surface area (TPSA) is 88.5 Å². The van der Waals surface area contributed by atoms with Crippen molar-refractivity contribution >= 4 is 23.3 Å². The molecule has 3 rings (SSSR count). The molecule has 1 aliphatic rings. The van der Waals surface area contributed by atoms with Gasteiger partial charge in [-0.2, -0.15) is 5.26 Å².